The van der Waals surface area contributed by atoms with E-state index in [0.29, 0.717) is 6.42 Å². The van der Waals surface area contributed by atoms with Gasteiger partial charge in [-0.3, -0.25) is 0 Å². The van der Waals surface area contributed by atoms with Crippen LogP contribution in [0.4, 0.5) is 5.69 Å². The molecule has 0 saturated carbocycles. The summed E-state index contributed by atoms with van der Waals surface area (Å²) in [5.41, 5.74) is 1.91. The van der Waals surface area contributed by atoms with E-state index in [1.165, 1.54) is 0 Å². The Kier molecular flexibility index (Phi) is 3.15. The minimum absolute atomic E-state index is 0.429. The second kappa shape index (κ2) is 4.36. The number of nitriles is 1. The van der Waals surface area contributed by atoms with Crippen LogP contribution in [0.15, 0.2) is 18.2 Å². The molecular formula is C10H12N2O. The largest absolute Gasteiger partial charge is 0.495 e. The first-order valence-electron chi connectivity index (χ1n) is 4.03. The van der Waals surface area contributed by atoms with Crippen LogP contribution < -0.4 is 10.1 Å². The monoisotopic (exact) mass is 176 g/mol. The van der Waals surface area contributed by atoms with Gasteiger partial charge in [-0.15, -0.1) is 0 Å². The molecule has 0 atom stereocenters. The van der Waals surface area contributed by atoms with Crippen LogP contribution in [0.5, 0.6) is 5.75 Å². The standard InChI is InChI=1S/C10H12N2O/c1-12-9-7-8(5-6-11)3-4-10(9)13-2/h3-4,7,12H,5H2,1-2H3. The predicted octanol–water partition coefficient (Wildman–Crippen LogP) is 1.80. The van der Waals surface area contributed by atoms with E-state index < -0.39 is 0 Å². The number of hydrogen-bond donors (Lipinski definition) is 1. The SMILES string of the molecule is CNc1cc(CC#N)ccc1OC. The maximum atomic E-state index is 8.51. The second-order valence-corrected chi connectivity index (χ2v) is 2.62. The van der Waals surface area contributed by atoms with Gasteiger partial charge < -0.3 is 10.1 Å². The van der Waals surface area contributed by atoms with Crippen LogP contribution in [0, 0.1) is 11.3 Å². The van der Waals surface area contributed by atoms with Crippen LogP contribution in [0.25, 0.3) is 0 Å². The third kappa shape index (κ3) is 2.12. The van der Waals surface area contributed by atoms with Gasteiger partial charge in [-0.05, 0) is 17.7 Å². The van der Waals surface area contributed by atoms with Crippen LogP contribution in [0.3, 0.4) is 0 Å². The van der Waals surface area contributed by atoms with Gasteiger partial charge in [0.15, 0.2) is 0 Å². The highest BCUT2D eigenvalue weighted by molar-refractivity contribution is 5.57. The molecule has 0 aromatic heterocycles. The molecule has 0 unspecified atom stereocenters. The van der Waals surface area contributed by atoms with Crippen LogP contribution in [-0.4, -0.2) is 14.2 Å². The van der Waals surface area contributed by atoms with Crippen molar-refractivity contribution in [2.24, 2.45) is 0 Å². The van der Waals surface area contributed by atoms with Crippen LogP contribution in [0.1, 0.15) is 5.56 Å². The topological polar surface area (TPSA) is 45.0 Å². The Bertz CT molecular complexity index is 328. The minimum atomic E-state index is 0.429. The lowest BCUT2D eigenvalue weighted by molar-refractivity contribution is 0.416. The van der Waals surface area contributed by atoms with Gasteiger partial charge >= 0.3 is 0 Å². The Morgan fingerprint density at radius 1 is 1.54 bits per heavy atom. The molecule has 0 aliphatic heterocycles. The number of anilines is 1. The van der Waals surface area contributed by atoms with E-state index in [2.05, 4.69) is 11.4 Å². The first-order valence-corrected chi connectivity index (χ1v) is 4.03. The van der Waals surface area contributed by atoms with Crippen molar-refractivity contribution < 1.29 is 4.74 Å². The molecule has 3 heteroatoms. The number of nitrogens with one attached hydrogen (secondary N) is 1. The molecule has 13 heavy (non-hydrogen) atoms. The summed E-state index contributed by atoms with van der Waals surface area (Å²) in [7, 11) is 3.45. The molecule has 0 spiro atoms. The Hall–Kier alpha value is -1.69. The van der Waals surface area contributed by atoms with Crippen molar-refractivity contribution in [1.29, 1.82) is 5.26 Å². The van der Waals surface area contributed by atoms with Crippen molar-refractivity contribution in [3.63, 3.8) is 0 Å². The normalized spacial score (nSPS) is 9.00. The summed E-state index contributed by atoms with van der Waals surface area (Å²) in [6.07, 6.45) is 0.429. The molecule has 0 radical (unpaired) electrons. The van der Waals surface area contributed by atoms with Crippen molar-refractivity contribution in [2.75, 3.05) is 19.5 Å². The Morgan fingerprint density at radius 2 is 2.31 bits per heavy atom. The first-order chi connectivity index (χ1) is 6.31. The van der Waals surface area contributed by atoms with E-state index in [-0.39, 0.29) is 0 Å². The number of methoxy groups -OCH3 is 1. The van der Waals surface area contributed by atoms with Gasteiger partial charge in [-0.2, -0.15) is 5.26 Å². The minimum Gasteiger partial charge on any atom is -0.495 e. The smallest absolute Gasteiger partial charge is 0.141 e. The third-order valence-corrected chi connectivity index (χ3v) is 1.82. The summed E-state index contributed by atoms with van der Waals surface area (Å²) in [5, 5.41) is 11.5. The summed E-state index contributed by atoms with van der Waals surface area (Å²) in [6.45, 7) is 0. The quantitative estimate of drug-likeness (QED) is 0.763. The zero-order chi connectivity index (χ0) is 9.68. The van der Waals surface area contributed by atoms with Gasteiger partial charge in [-0.1, -0.05) is 6.07 Å². The average molecular weight is 176 g/mol. The maximum Gasteiger partial charge on any atom is 0.141 e. The first kappa shape index (κ1) is 9.40. The summed E-state index contributed by atoms with van der Waals surface area (Å²) in [4.78, 5) is 0. The number of rotatable bonds is 3. The zero-order valence-electron chi connectivity index (χ0n) is 7.79. The predicted molar refractivity (Wildman–Crippen MR) is 51.9 cm³/mol. The molecule has 68 valence electrons. The summed E-state index contributed by atoms with van der Waals surface area (Å²) >= 11 is 0. The fourth-order valence-electron chi connectivity index (χ4n) is 1.15. The summed E-state index contributed by atoms with van der Waals surface area (Å²) < 4.78 is 5.12. The number of hydrogen-bond acceptors (Lipinski definition) is 3. The van der Waals surface area contributed by atoms with E-state index in [1.807, 2.05) is 25.2 Å². The molecule has 1 aromatic rings. The van der Waals surface area contributed by atoms with Crippen molar-refractivity contribution in [1.82, 2.24) is 0 Å². The van der Waals surface area contributed by atoms with Crippen molar-refractivity contribution in [3.8, 4) is 11.8 Å². The fourth-order valence-corrected chi connectivity index (χ4v) is 1.15. The highest BCUT2D eigenvalue weighted by Gasteiger charge is 2.01. The van der Waals surface area contributed by atoms with Gasteiger partial charge in [0.1, 0.15) is 5.75 Å². The summed E-state index contributed by atoms with van der Waals surface area (Å²) in [6, 6.07) is 7.77. The molecule has 0 saturated heterocycles. The Balaban J connectivity index is 3.00. The van der Waals surface area contributed by atoms with Crippen molar-refractivity contribution >= 4 is 5.69 Å². The lowest BCUT2D eigenvalue weighted by Crippen LogP contribution is -1.94. The molecule has 1 N–H and O–H groups in total. The number of ether oxygens (including phenoxy) is 1. The lowest BCUT2D eigenvalue weighted by atomic mass is 10.1. The Morgan fingerprint density at radius 3 is 2.85 bits per heavy atom. The molecule has 1 aromatic carbocycles. The van der Waals surface area contributed by atoms with E-state index in [0.717, 1.165) is 17.0 Å². The molecule has 0 heterocycles. The van der Waals surface area contributed by atoms with Crippen LogP contribution >= 0.6 is 0 Å². The van der Waals surface area contributed by atoms with Gasteiger partial charge in [-0.25, -0.2) is 0 Å². The van der Waals surface area contributed by atoms with Crippen molar-refractivity contribution in [3.05, 3.63) is 23.8 Å². The maximum absolute atomic E-state index is 8.51. The third-order valence-electron chi connectivity index (χ3n) is 1.82. The van der Waals surface area contributed by atoms with Gasteiger partial charge in [0.25, 0.3) is 0 Å². The van der Waals surface area contributed by atoms with Crippen LogP contribution in [0.2, 0.25) is 0 Å². The van der Waals surface area contributed by atoms with Crippen LogP contribution in [-0.2, 0) is 6.42 Å². The molecule has 3 nitrogen and oxygen atoms in total. The highest BCUT2D eigenvalue weighted by Crippen LogP contribution is 2.24. The number of nitrogens with zero attached hydrogens (tertiary/aromatic N) is 1. The highest BCUT2D eigenvalue weighted by atomic mass is 16.5. The second-order valence-electron chi connectivity index (χ2n) is 2.62. The van der Waals surface area contributed by atoms with Gasteiger partial charge in [0.05, 0.1) is 25.3 Å². The molecule has 1 rings (SSSR count). The number of benzene rings is 1. The molecule has 0 aliphatic rings. The average Bonchev–Trinajstić information content (AvgIpc) is 2.18. The summed E-state index contributed by atoms with van der Waals surface area (Å²) in [5.74, 6) is 0.796. The zero-order valence-corrected chi connectivity index (χ0v) is 7.79. The molecule has 0 fully saturated rings. The van der Waals surface area contributed by atoms with Gasteiger partial charge in [0.2, 0.25) is 0 Å². The molecule has 0 bridgehead atoms. The van der Waals surface area contributed by atoms with E-state index in [4.69, 9.17) is 10.00 Å². The van der Waals surface area contributed by atoms with E-state index >= 15 is 0 Å². The Labute approximate surface area is 77.9 Å². The van der Waals surface area contributed by atoms with E-state index in [1.54, 1.807) is 7.11 Å². The lowest BCUT2D eigenvalue weighted by Gasteiger charge is -2.08. The van der Waals surface area contributed by atoms with Gasteiger partial charge in [0, 0.05) is 7.05 Å². The molecule has 0 amide bonds. The molecule has 0 aliphatic carbocycles. The van der Waals surface area contributed by atoms with E-state index in [9.17, 15) is 0 Å². The van der Waals surface area contributed by atoms with Crippen molar-refractivity contribution in [2.45, 2.75) is 6.42 Å². The molecular weight excluding hydrogens is 164 g/mol. The fraction of sp³-hybridized carbons (Fsp3) is 0.300.